The Bertz CT molecular complexity index is 1060. The van der Waals surface area contributed by atoms with Crippen LogP contribution < -0.4 is 16.4 Å². The summed E-state index contributed by atoms with van der Waals surface area (Å²) in [7, 11) is 0. The van der Waals surface area contributed by atoms with Crippen molar-refractivity contribution < 1.29 is 34.2 Å². The van der Waals surface area contributed by atoms with Crippen LogP contribution >= 0.6 is 0 Å². The summed E-state index contributed by atoms with van der Waals surface area (Å²) in [6.07, 6.45) is 1.72. The highest BCUT2D eigenvalue weighted by molar-refractivity contribution is 5.90. The summed E-state index contributed by atoms with van der Waals surface area (Å²) in [5.41, 5.74) is 7.47. The number of aromatic amines is 1. The van der Waals surface area contributed by atoms with Crippen molar-refractivity contribution in [2.45, 2.75) is 57.5 Å². The number of aromatic nitrogens is 1. The van der Waals surface area contributed by atoms with Crippen LogP contribution in [-0.4, -0.2) is 63.4 Å². The van der Waals surface area contributed by atoms with Crippen LogP contribution in [-0.2, 0) is 30.4 Å². The number of nitrogens with one attached hydrogen (secondary N) is 3. The van der Waals surface area contributed by atoms with Crippen molar-refractivity contribution in [2.75, 3.05) is 6.54 Å². The number of amides is 2. The topological polar surface area (TPSA) is 192 Å². The molecule has 2 amide bonds. The molecule has 190 valence electrons. The second-order valence-electron chi connectivity index (χ2n) is 8.50. The number of nitrogens with two attached hydrogens (primary N) is 1. The van der Waals surface area contributed by atoms with Gasteiger partial charge >= 0.3 is 11.9 Å². The zero-order chi connectivity index (χ0) is 26.0. The zero-order valence-corrected chi connectivity index (χ0v) is 19.6. The third-order valence-electron chi connectivity index (χ3n) is 5.63. The van der Waals surface area contributed by atoms with Gasteiger partial charge in [0.25, 0.3) is 0 Å². The van der Waals surface area contributed by atoms with Gasteiger partial charge in [0.2, 0.25) is 11.8 Å². The molecule has 0 fully saturated rings. The van der Waals surface area contributed by atoms with E-state index in [9.17, 15) is 29.1 Å². The predicted molar refractivity (Wildman–Crippen MR) is 127 cm³/mol. The molecule has 0 spiro atoms. The van der Waals surface area contributed by atoms with Gasteiger partial charge in [-0.15, -0.1) is 0 Å². The lowest BCUT2D eigenvalue weighted by molar-refractivity contribution is -0.142. The highest BCUT2D eigenvalue weighted by Crippen LogP contribution is 2.22. The van der Waals surface area contributed by atoms with Gasteiger partial charge in [0.15, 0.2) is 0 Å². The lowest BCUT2D eigenvalue weighted by Crippen LogP contribution is -2.44. The normalized spacial score (nSPS) is 13.5. The first-order chi connectivity index (χ1) is 16.6. The van der Waals surface area contributed by atoms with Crippen LogP contribution in [0, 0.1) is 5.92 Å². The molecule has 0 aliphatic rings. The Morgan fingerprint density at radius 2 is 1.80 bits per heavy atom. The molecule has 2 aromatic rings. The average Bonchev–Trinajstić information content (AvgIpc) is 3.20. The molecule has 1 aromatic carbocycles. The van der Waals surface area contributed by atoms with Crippen molar-refractivity contribution in [1.82, 2.24) is 15.6 Å². The molecule has 11 heteroatoms. The van der Waals surface area contributed by atoms with Crippen LogP contribution in [0.15, 0.2) is 30.5 Å². The molecule has 0 saturated carbocycles. The largest absolute Gasteiger partial charge is 0.481 e. The molecule has 0 saturated heterocycles. The van der Waals surface area contributed by atoms with Crippen LogP contribution in [0.25, 0.3) is 10.9 Å². The molecule has 0 aliphatic heterocycles. The van der Waals surface area contributed by atoms with Crippen molar-refractivity contribution in [2.24, 2.45) is 11.7 Å². The standard InChI is InChI=1S/C24H32N4O7/c1-14(25)20(29)12-15(11-16-13-27-18-6-3-2-5-17(16)18)23(33)26-10-9-19(24(34)35)28-21(30)7-4-8-22(31)32/h2-3,5-6,13-15,19,27H,4,7-12,25H2,1H3,(H,26,33)(H,28,30)(H,31,32)(H,34,35)/t14-,15-,19+/m0/s1. The molecule has 35 heavy (non-hydrogen) atoms. The monoisotopic (exact) mass is 488 g/mol. The lowest BCUT2D eigenvalue weighted by Gasteiger charge is -2.19. The number of fused-ring (bicyclic) bond motifs is 1. The van der Waals surface area contributed by atoms with Crippen LogP contribution in [0.5, 0.6) is 0 Å². The van der Waals surface area contributed by atoms with E-state index in [1.54, 1.807) is 13.1 Å². The fraction of sp³-hybridized carbons (Fsp3) is 0.458. The minimum Gasteiger partial charge on any atom is -0.481 e. The summed E-state index contributed by atoms with van der Waals surface area (Å²) in [5.74, 6) is -4.28. The quantitative estimate of drug-likeness (QED) is 0.213. The molecule has 0 radical (unpaired) electrons. The Balaban J connectivity index is 1.98. The minimum atomic E-state index is -1.27. The molecule has 0 bridgehead atoms. The van der Waals surface area contributed by atoms with E-state index in [1.165, 1.54) is 0 Å². The van der Waals surface area contributed by atoms with Gasteiger partial charge in [0.05, 0.1) is 6.04 Å². The van der Waals surface area contributed by atoms with E-state index in [0.29, 0.717) is 0 Å². The predicted octanol–water partition coefficient (Wildman–Crippen LogP) is 0.964. The van der Waals surface area contributed by atoms with Gasteiger partial charge in [-0.3, -0.25) is 19.2 Å². The van der Waals surface area contributed by atoms with Crippen LogP contribution in [0.3, 0.4) is 0 Å². The number of H-pyrrole nitrogens is 1. The maximum atomic E-state index is 12.9. The Labute approximate surface area is 202 Å². The summed E-state index contributed by atoms with van der Waals surface area (Å²) in [6.45, 7) is 1.52. The van der Waals surface area contributed by atoms with Crippen LogP contribution in [0.4, 0.5) is 0 Å². The number of carbonyl (C=O) groups excluding carboxylic acids is 3. The van der Waals surface area contributed by atoms with Crippen LogP contribution in [0.2, 0.25) is 0 Å². The Morgan fingerprint density at radius 1 is 1.09 bits per heavy atom. The zero-order valence-electron chi connectivity index (χ0n) is 19.6. The smallest absolute Gasteiger partial charge is 0.326 e. The summed E-state index contributed by atoms with van der Waals surface area (Å²) < 4.78 is 0. The van der Waals surface area contributed by atoms with E-state index in [1.807, 2.05) is 24.3 Å². The molecule has 11 nitrogen and oxygen atoms in total. The fourth-order valence-electron chi connectivity index (χ4n) is 3.66. The highest BCUT2D eigenvalue weighted by Gasteiger charge is 2.26. The number of benzene rings is 1. The van der Waals surface area contributed by atoms with E-state index < -0.39 is 41.8 Å². The van der Waals surface area contributed by atoms with Gasteiger partial charge in [-0.05, 0) is 37.8 Å². The summed E-state index contributed by atoms with van der Waals surface area (Å²) in [5, 5.41) is 24.0. The Morgan fingerprint density at radius 3 is 2.46 bits per heavy atom. The fourth-order valence-corrected chi connectivity index (χ4v) is 3.66. The molecule has 1 aromatic heterocycles. The number of hydrogen-bond acceptors (Lipinski definition) is 6. The second kappa shape index (κ2) is 13.2. The Kier molecular flexibility index (Phi) is 10.4. The first-order valence-electron chi connectivity index (χ1n) is 11.4. The van der Waals surface area contributed by atoms with Gasteiger partial charge < -0.3 is 31.6 Å². The number of ketones is 1. The third-order valence-corrected chi connectivity index (χ3v) is 5.63. The van der Waals surface area contributed by atoms with Gasteiger partial charge in [0, 0.05) is 48.8 Å². The number of para-hydroxylation sites is 1. The highest BCUT2D eigenvalue weighted by atomic mass is 16.4. The van der Waals surface area contributed by atoms with Gasteiger partial charge in [0.1, 0.15) is 11.8 Å². The molecule has 7 N–H and O–H groups in total. The van der Waals surface area contributed by atoms with Crippen LogP contribution in [0.1, 0.15) is 44.6 Å². The maximum absolute atomic E-state index is 12.9. The maximum Gasteiger partial charge on any atom is 0.326 e. The third kappa shape index (κ3) is 8.85. The number of Topliss-reactive ketones (excluding diaryl/α,β-unsaturated/α-hetero) is 1. The number of rotatable bonds is 15. The van der Waals surface area contributed by atoms with E-state index in [0.717, 1.165) is 16.5 Å². The van der Waals surface area contributed by atoms with Gasteiger partial charge in [-0.25, -0.2) is 4.79 Å². The first kappa shape index (κ1) is 27.5. The first-order valence-corrected chi connectivity index (χ1v) is 11.4. The average molecular weight is 489 g/mol. The molecule has 0 unspecified atom stereocenters. The summed E-state index contributed by atoms with van der Waals surface area (Å²) >= 11 is 0. The van der Waals surface area contributed by atoms with Crippen molar-refractivity contribution in [1.29, 1.82) is 0 Å². The second-order valence-corrected chi connectivity index (χ2v) is 8.50. The summed E-state index contributed by atoms with van der Waals surface area (Å²) in [6, 6.07) is 5.62. The lowest BCUT2D eigenvalue weighted by atomic mass is 9.91. The van der Waals surface area contributed by atoms with E-state index in [-0.39, 0.29) is 50.9 Å². The summed E-state index contributed by atoms with van der Waals surface area (Å²) in [4.78, 5) is 62.3. The van der Waals surface area contributed by atoms with Crippen molar-refractivity contribution in [3.05, 3.63) is 36.0 Å². The van der Waals surface area contributed by atoms with Crippen molar-refractivity contribution >= 4 is 40.4 Å². The molecule has 2 rings (SSSR count). The van der Waals surface area contributed by atoms with Crippen molar-refractivity contribution in [3.8, 4) is 0 Å². The molecular formula is C24H32N4O7. The molecule has 1 heterocycles. The number of aliphatic carboxylic acids is 2. The molecule has 0 aliphatic carbocycles. The minimum absolute atomic E-state index is 0.0397. The Hall–Kier alpha value is -3.73. The van der Waals surface area contributed by atoms with E-state index >= 15 is 0 Å². The SMILES string of the molecule is C[C@H](N)C(=O)C[C@H](Cc1c[nH]c2ccccc12)C(=O)NCC[C@@H](NC(=O)CCCC(=O)O)C(=O)O. The van der Waals surface area contributed by atoms with E-state index in [2.05, 4.69) is 15.6 Å². The number of carboxylic acids is 2. The van der Waals surface area contributed by atoms with E-state index in [4.69, 9.17) is 10.8 Å². The number of carbonyl (C=O) groups is 5. The van der Waals surface area contributed by atoms with Crippen molar-refractivity contribution in [3.63, 3.8) is 0 Å². The number of carboxylic acid groups (broad SMARTS) is 2. The molecule has 3 atom stereocenters. The molecular weight excluding hydrogens is 456 g/mol. The van der Waals surface area contributed by atoms with Gasteiger partial charge in [-0.2, -0.15) is 0 Å². The van der Waals surface area contributed by atoms with Gasteiger partial charge in [-0.1, -0.05) is 18.2 Å². The number of hydrogen-bond donors (Lipinski definition) is 6.